The van der Waals surface area contributed by atoms with Crippen LogP contribution in [-0.4, -0.2) is 37.2 Å². The highest BCUT2D eigenvalue weighted by Crippen LogP contribution is 2.55. The number of amides is 3. The molecule has 0 unspecified atom stereocenters. The number of nitrogens with one attached hydrogen (secondary N) is 3. The van der Waals surface area contributed by atoms with E-state index in [1.54, 1.807) is 0 Å². The maximum atomic E-state index is 12.5. The van der Waals surface area contributed by atoms with Crippen LogP contribution in [0.4, 0.5) is 4.79 Å². The number of rotatable bonds is 6. The lowest BCUT2D eigenvalue weighted by molar-refractivity contribution is -0.121. The van der Waals surface area contributed by atoms with E-state index in [0.29, 0.717) is 32.1 Å². The molecule has 1 aromatic rings. The highest BCUT2D eigenvalue weighted by molar-refractivity contribution is 5.78. The lowest BCUT2D eigenvalue weighted by Crippen LogP contribution is -2.61. The molecule has 4 fully saturated rings. The fourth-order valence-corrected chi connectivity index (χ4v) is 6.39. The Kier molecular flexibility index (Phi) is 5.21. The highest BCUT2D eigenvalue weighted by Gasteiger charge is 2.51. The second kappa shape index (κ2) is 8.00. The summed E-state index contributed by atoms with van der Waals surface area (Å²) in [7, 11) is 0. The zero-order chi connectivity index (χ0) is 20.6. The number of hydrogen-bond donors (Lipinski definition) is 3. The van der Waals surface area contributed by atoms with Crippen LogP contribution in [0.15, 0.2) is 18.2 Å². The second-order valence-electron chi connectivity index (χ2n) is 9.55. The molecule has 4 aliphatic carbocycles. The van der Waals surface area contributed by atoms with E-state index in [4.69, 9.17) is 9.47 Å². The molecule has 0 aromatic heterocycles. The summed E-state index contributed by atoms with van der Waals surface area (Å²) in [5.74, 6) is 3.70. The van der Waals surface area contributed by atoms with Gasteiger partial charge < -0.3 is 25.4 Å². The van der Waals surface area contributed by atoms with E-state index in [-0.39, 0.29) is 23.9 Å². The fraction of sp³-hybridized carbons (Fsp3) is 0.652. The van der Waals surface area contributed by atoms with Crippen LogP contribution in [0.25, 0.3) is 0 Å². The minimum Gasteiger partial charge on any atom is -0.486 e. The SMILES string of the molecule is O=C(CCNC(=O)NC12CC3CC(CC(C3)C1)C2)NCc1cccc2c1OCCO2. The first-order valence-corrected chi connectivity index (χ1v) is 11.3. The number of benzene rings is 1. The van der Waals surface area contributed by atoms with E-state index in [2.05, 4.69) is 16.0 Å². The van der Waals surface area contributed by atoms with Crippen LogP contribution < -0.4 is 25.4 Å². The van der Waals surface area contributed by atoms with Gasteiger partial charge in [-0.05, 0) is 62.3 Å². The molecule has 4 saturated carbocycles. The van der Waals surface area contributed by atoms with Crippen LogP contribution in [0.3, 0.4) is 0 Å². The van der Waals surface area contributed by atoms with Crippen molar-refractivity contribution in [3.63, 3.8) is 0 Å². The van der Waals surface area contributed by atoms with E-state index in [1.165, 1.54) is 19.3 Å². The summed E-state index contributed by atoms with van der Waals surface area (Å²) in [5, 5.41) is 9.06. The van der Waals surface area contributed by atoms with E-state index < -0.39 is 0 Å². The Morgan fingerprint density at radius 1 is 0.967 bits per heavy atom. The predicted octanol–water partition coefficient (Wildman–Crippen LogP) is 2.73. The van der Waals surface area contributed by atoms with Crippen molar-refractivity contribution < 1.29 is 19.1 Å². The third-order valence-electron chi connectivity index (χ3n) is 7.18. The molecule has 1 aliphatic heterocycles. The fourth-order valence-electron chi connectivity index (χ4n) is 6.39. The average Bonchev–Trinajstić information content (AvgIpc) is 2.71. The maximum Gasteiger partial charge on any atom is 0.315 e. The Morgan fingerprint density at radius 2 is 1.67 bits per heavy atom. The molecule has 3 N–H and O–H groups in total. The monoisotopic (exact) mass is 413 g/mol. The Hall–Kier alpha value is -2.44. The van der Waals surface area contributed by atoms with E-state index in [1.807, 2.05) is 18.2 Å². The topological polar surface area (TPSA) is 88.7 Å². The number of hydrogen-bond acceptors (Lipinski definition) is 4. The molecular formula is C23H31N3O4. The molecule has 5 aliphatic rings. The smallest absolute Gasteiger partial charge is 0.315 e. The van der Waals surface area contributed by atoms with Gasteiger partial charge in [0.1, 0.15) is 13.2 Å². The predicted molar refractivity (Wildman–Crippen MR) is 111 cm³/mol. The summed E-state index contributed by atoms with van der Waals surface area (Å²) in [4.78, 5) is 24.7. The molecule has 6 rings (SSSR count). The molecule has 0 saturated heterocycles. The van der Waals surface area contributed by atoms with Crippen LogP contribution in [-0.2, 0) is 11.3 Å². The van der Waals surface area contributed by atoms with Crippen molar-refractivity contribution in [2.75, 3.05) is 19.8 Å². The van der Waals surface area contributed by atoms with Crippen LogP contribution in [0.2, 0.25) is 0 Å². The molecule has 7 nitrogen and oxygen atoms in total. The van der Waals surface area contributed by atoms with Gasteiger partial charge >= 0.3 is 6.03 Å². The number of urea groups is 1. The van der Waals surface area contributed by atoms with Gasteiger partial charge in [0.2, 0.25) is 5.91 Å². The summed E-state index contributed by atoms with van der Waals surface area (Å²) >= 11 is 0. The Labute approximate surface area is 177 Å². The van der Waals surface area contributed by atoms with Crippen LogP contribution >= 0.6 is 0 Å². The second-order valence-corrected chi connectivity index (χ2v) is 9.55. The van der Waals surface area contributed by atoms with E-state index in [0.717, 1.165) is 48.3 Å². The molecule has 162 valence electrons. The number of carbonyl (C=O) groups excluding carboxylic acids is 2. The molecule has 4 bridgehead atoms. The van der Waals surface area contributed by atoms with Crippen molar-refractivity contribution in [3.8, 4) is 11.5 Å². The number of ether oxygens (including phenoxy) is 2. The van der Waals surface area contributed by atoms with Gasteiger partial charge in [-0.1, -0.05) is 12.1 Å². The minimum atomic E-state index is -0.132. The van der Waals surface area contributed by atoms with Crippen molar-refractivity contribution in [1.29, 1.82) is 0 Å². The molecular weight excluding hydrogens is 382 g/mol. The minimum absolute atomic E-state index is 0.00440. The summed E-state index contributed by atoms with van der Waals surface area (Å²) < 4.78 is 11.2. The number of para-hydroxylation sites is 1. The summed E-state index contributed by atoms with van der Waals surface area (Å²) in [6, 6.07) is 5.55. The van der Waals surface area contributed by atoms with Gasteiger partial charge in [0.15, 0.2) is 11.5 Å². The Morgan fingerprint density at radius 3 is 2.40 bits per heavy atom. The van der Waals surface area contributed by atoms with Crippen molar-refractivity contribution >= 4 is 11.9 Å². The quantitative estimate of drug-likeness (QED) is 0.669. The molecule has 1 aromatic carbocycles. The third-order valence-corrected chi connectivity index (χ3v) is 7.18. The van der Waals surface area contributed by atoms with Gasteiger partial charge in [-0.2, -0.15) is 0 Å². The van der Waals surface area contributed by atoms with Crippen molar-refractivity contribution in [1.82, 2.24) is 16.0 Å². The first-order chi connectivity index (χ1) is 14.6. The Bertz CT molecular complexity index is 789. The zero-order valence-corrected chi connectivity index (χ0v) is 17.4. The highest BCUT2D eigenvalue weighted by atomic mass is 16.6. The molecule has 30 heavy (non-hydrogen) atoms. The van der Waals surface area contributed by atoms with Crippen LogP contribution in [0, 0.1) is 17.8 Å². The van der Waals surface area contributed by atoms with Gasteiger partial charge in [0.05, 0.1) is 0 Å². The first kappa shape index (κ1) is 19.5. The first-order valence-electron chi connectivity index (χ1n) is 11.3. The lowest BCUT2D eigenvalue weighted by atomic mass is 9.53. The Balaban J connectivity index is 1.05. The maximum absolute atomic E-state index is 12.5. The zero-order valence-electron chi connectivity index (χ0n) is 17.4. The number of carbonyl (C=O) groups is 2. The molecule has 7 heteroatoms. The van der Waals surface area contributed by atoms with E-state index >= 15 is 0 Å². The largest absolute Gasteiger partial charge is 0.486 e. The van der Waals surface area contributed by atoms with Crippen molar-refractivity contribution in [2.24, 2.45) is 17.8 Å². The molecule has 0 atom stereocenters. The normalized spacial score (nSPS) is 30.6. The van der Waals surface area contributed by atoms with Crippen molar-refractivity contribution in [2.45, 2.75) is 57.0 Å². The standard InChI is InChI=1S/C23H31N3O4/c27-20(25-14-18-2-1-3-19-21(18)30-7-6-29-19)4-5-24-22(28)26-23-11-15-8-16(12-23)10-17(9-15)13-23/h1-3,15-17H,4-14H2,(H,25,27)(H2,24,26,28). The molecule has 0 radical (unpaired) electrons. The van der Waals surface area contributed by atoms with Gasteiger partial charge in [-0.25, -0.2) is 4.79 Å². The van der Waals surface area contributed by atoms with Gasteiger partial charge in [0.25, 0.3) is 0 Å². The van der Waals surface area contributed by atoms with Crippen LogP contribution in [0.1, 0.15) is 50.5 Å². The third kappa shape index (κ3) is 4.07. The van der Waals surface area contributed by atoms with Crippen LogP contribution in [0.5, 0.6) is 11.5 Å². The van der Waals surface area contributed by atoms with E-state index in [9.17, 15) is 9.59 Å². The molecule has 1 heterocycles. The lowest BCUT2D eigenvalue weighted by Gasteiger charge is -2.56. The molecule has 0 spiro atoms. The van der Waals surface area contributed by atoms with Gasteiger partial charge in [-0.3, -0.25) is 4.79 Å². The molecule has 3 amide bonds. The summed E-state index contributed by atoms with van der Waals surface area (Å²) in [6.45, 7) is 1.77. The van der Waals surface area contributed by atoms with Gasteiger partial charge in [0, 0.05) is 30.6 Å². The van der Waals surface area contributed by atoms with Crippen molar-refractivity contribution in [3.05, 3.63) is 23.8 Å². The van der Waals surface area contributed by atoms with Gasteiger partial charge in [-0.15, -0.1) is 0 Å². The summed E-state index contributed by atoms with van der Waals surface area (Å²) in [5.41, 5.74) is 0.892. The number of fused-ring (bicyclic) bond motifs is 1. The summed E-state index contributed by atoms with van der Waals surface area (Å²) in [6.07, 6.45) is 7.68. The average molecular weight is 414 g/mol.